The summed E-state index contributed by atoms with van der Waals surface area (Å²) < 4.78 is 0. The third-order valence-electron chi connectivity index (χ3n) is 2.75. The van der Waals surface area contributed by atoms with Gasteiger partial charge in [-0.05, 0) is 31.9 Å². The Labute approximate surface area is 115 Å². The van der Waals surface area contributed by atoms with Gasteiger partial charge in [0.1, 0.15) is 0 Å². The molecule has 0 atom stereocenters. The van der Waals surface area contributed by atoms with E-state index in [1.54, 1.807) is 20.9 Å². The van der Waals surface area contributed by atoms with E-state index in [2.05, 4.69) is 12.2 Å². The fourth-order valence-electron chi connectivity index (χ4n) is 1.99. The van der Waals surface area contributed by atoms with E-state index in [0.29, 0.717) is 0 Å². The highest BCUT2D eigenvalue weighted by Crippen LogP contribution is 2.17. The standard InChI is InChI=1S/C15H24N2O2/c1-5-8-12-9-6-7-10-13(12)16-14(18)17(4)11-15(2,3)19/h6-7,9-10,19H,5,8,11H2,1-4H3,(H,16,18). The largest absolute Gasteiger partial charge is 0.389 e. The highest BCUT2D eigenvalue weighted by atomic mass is 16.3. The summed E-state index contributed by atoms with van der Waals surface area (Å²) in [6, 6.07) is 7.60. The van der Waals surface area contributed by atoms with E-state index in [9.17, 15) is 9.90 Å². The maximum atomic E-state index is 12.1. The number of nitrogens with zero attached hydrogens (tertiary/aromatic N) is 1. The lowest BCUT2D eigenvalue weighted by molar-refractivity contribution is 0.0550. The van der Waals surface area contributed by atoms with E-state index in [1.807, 2.05) is 24.3 Å². The second-order valence-electron chi connectivity index (χ2n) is 5.51. The summed E-state index contributed by atoms with van der Waals surface area (Å²) in [4.78, 5) is 13.5. The molecular weight excluding hydrogens is 240 g/mol. The van der Waals surface area contributed by atoms with Crippen molar-refractivity contribution in [2.45, 2.75) is 39.2 Å². The van der Waals surface area contributed by atoms with Gasteiger partial charge in [-0.3, -0.25) is 0 Å². The van der Waals surface area contributed by atoms with E-state index in [0.717, 1.165) is 24.1 Å². The van der Waals surface area contributed by atoms with Crippen molar-refractivity contribution in [1.29, 1.82) is 0 Å². The van der Waals surface area contributed by atoms with E-state index in [4.69, 9.17) is 0 Å². The maximum absolute atomic E-state index is 12.1. The molecule has 0 bridgehead atoms. The van der Waals surface area contributed by atoms with Crippen molar-refractivity contribution >= 4 is 11.7 Å². The number of carbonyl (C=O) groups excluding carboxylic acids is 1. The molecule has 1 aromatic rings. The van der Waals surface area contributed by atoms with Gasteiger partial charge < -0.3 is 15.3 Å². The second-order valence-corrected chi connectivity index (χ2v) is 5.51. The van der Waals surface area contributed by atoms with Crippen LogP contribution in [0.4, 0.5) is 10.5 Å². The Kier molecular flexibility index (Phi) is 5.36. The summed E-state index contributed by atoms with van der Waals surface area (Å²) in [7, 11) is 1.68. The molecule has 0 radical (unpaired) electrons. The van der Waals surface area contributed by atoms with Crippen LogP contribution in [-0.2, 0) is 6.42 Å². The number of nitrogens with one attached hydrogen (secondary N) is 1. The zero-order valence-corrected chi connectivity index (χ0v) is 12.2. The number of anilines is 1. The molecule has 2 N–H and O–H groups in total. The molecule has 0 aliphatic heterocycles. The number of hydrogen-bond donors (Lipinski definition) is 2. The van der Waals surface area contributed by atoms with Crippen molar-refractivity contribution in [3.63, 3.8) is 0 Å². The van der Waals surface area contributed by atoms with E-state index in [1.165, 1.54) is 4.90 Å². The van der Waals surface area contributed by atoms with Gasteiger partial charge in [0.05, 0.1) is 12.1 Å². The number of likely N-dealkylation sites (N-methyl/N-ethyl adjacent to an activating group) is 1. The molecule has 1 aromatic carbocycles. The van der Waals surface area contributed by atoms with Gasteiger partial charge in [-0.25, -0.2) is 4.79 Å². The minimum Gasteiger partial charge on any atom is -0.389 e. The van der Waals surface area contributed by atoms with Crippen LogP contribution in [0.5, 0.6) is 0 Å². The highest BCUT2D eigenvalue weighted by molar-refractivity contribution is 5.90. The van der Waals surface area contributed by atoms with Crippen molar-refractivity contribution in [2.75, 3.05) is 18.9 Å². The van der Waals surface area contributed by atoms with Gasteiger partial charge in [0.25, 0.3) is 0 Å². The molecule has 2 amide bonds. The first-order valence-electron chi connectivity index (χ1n) is 6.66. The number of para-hydroxylation sites is 1. The maximum Gasteiger partial charge on any atom is 0.321 e. The molecule has 0 saturated heterocycles. The molecule has 0 unspecified atom stereocenters. The van der Waals surface area contributed by atoms with Crippen LogP contribution in [0.3, 0.4) is 0 Å². The molecule has 0 aromatic heterocycles. The van der Waals surface area contributed by atoms with E-state index in [-0.39, 0.29) is 12.6 Å². The van der Waals surface area contributed by atoms with Gasteiger partial charge in [0.2, 0.25) is 0 Å². The molecule has 0 fully saturated rings. The first-order chi connectivity index (χ1) is 8.83. The number of amides is 2. The second kappa shape index (κ2) is 6.57. The molecule has 0 saturated carbocycles. The van der Waals surface area contributed by atoms with Gasteiger partial charge in [-0.1, -0.05) is 31.5 Å². The van der Waals surface area contributed by atoms with Crippen LogP contribution in [-0.4, -0.2) is 35.2 Å². The van der Waals surface area contributed by atoms with Crippen molar-refractivity contribution in [3.8, 4) is 0 Å². The van der Waals surface area contributed by atoms with Crippen LogP contribution in [0.2, 0.25) is 0 Å². The lowest BCUT2D eigenvalue weighted by Crippen LogP contribution is -2.41. The minimum atomic E-state index is -0.894. The summed E-state index contributed by atoms with van der Waals surface area (Å²) in [5.74, 6) is 0. The van der Waals surface area contributed by atoms with Crippen LogP contribution in [0.15, 0.2) is 24.3 Å². The summed E-state index contributed by atoms with van der Waals surface area (Å²) in [6.45, 7) is 5.76. The average Bonchev–Trinajstić information content (AvgIpc) is 2.29. The van der Waals surface area contributed by atoms with Gasteiger partial charge in [-0.2, -0.15) is 0 Å². The van der Waals surface area contributed by atoms with Gasteiger partial charge >= 0.3 is 6.03 Å². The Bertz CT molecular complexity index is 424. The number of aliphatic hydroxyl groups is 1. The quantitative estimate of drug-likeness (QED) is 0.859. The van der Waals surface area contributed by atoms with Crippen LogP contribution < -0.4 is 5.32 Å². The number of aryl methyl sites for hydroxylation is 1. The fourth-order valence-corrected chi connectivity index (χ4v) is 1.99. The number of rotatable bonds is 5. The highest BCUT2D eigenvalue weighted by Gasteiger charge is 2.19. The van der Waals surface area contributed by atoms with E-state index >= 15 is 0 Å². The summed E-state index contributed by atoms with van der Waals surface area (Å²) in [5.41, 5.74) is 1.08. The predicted molar refractivity (Wildman–Crippen MR) is 78.4 cm³/mol. The van der Waals surface area contributed by atoms with Crippen molar-refractivity contribution in [2.24, 2.45) is 0 Å². The van der Waals surface area contributed by atoms with E-state index < -0.39 is 5.60 Å². The molecule has 1 rings (SSSR count). The number of benzene rings is 1. The zero-order valence-electron chi connectivity index (χ0n) is 12.2. The van der Waals surface area contributed by atoms with Crippen molar-refractivity contribution in [3.05, 3.63) is 29.8 Å². The van der Waals surface area contributed by atoms with Gasteiger partial charge in [0.15, 0.2) is 0 Å². The SMILES string of the molecule is CCCc1ccccc1NC(=O)N(C)CC(C)(C)O. The van der Waals surface area contributed by atoms with Gasteiger partial charge in [0, 0.05) is 12.7 Å². The Balaban J connectivity index is 2.71. The minimum absolute atomic E-state index is 0.203. The molecule has 106 valence electrons. The molecule has 0 aliphatic carbocycles. The molecule has 4 heteroatoms. The topological polar surface area (TPSA) is 52.6 Å². The monoisotopic (exact) mass is 264 g/mol. The van der Waals surface area contributed by atoms with Gasteiger partial charge in [-0.15, -0.1) is 0 Å². The normalized spacial score (nSPS) is 11.2. The Morgan fingerprint density at radius 2 is 2.00 bits per heavy atom. The van der Waals surface area contributed by atoms with Crippen LogP contribution in [0, 0.1) is 0 Å². The number of urea groups is 1. The molecule has 4 nitrogen and oxygen atoms in total. The van der Waals surface area contributed by atoms with Crippen LogP contribution >= 0.6 is 0 Å². The predicted octanol–water partition coefficient (Wildman–Crippen LogP) is 2.87. The molecule has 0 aliphatic rings. The third kappa shape index (κ3) is 5.30. The fraction of sp³-hybridized carbons (Fsp3) is 0.533. The summed E-state index contributed by atoms with van der Waals surface area (Å²) in [6.07, 6.45) is 1.97. The molecular formula is C15H24N2O2. The third-order valence-corrected chi connectivity index (χ3v) is 2.75. The number of hydrogen-bond acceptors (Lipinski definition) is 2. The molecule has 0 heterocycles. The number of carbonyl (C=O) groups is 1. The smallest absolute Gasteiger partial charge is 0.321 e. The van der Waals surface area contributed by atoms with Crippen molar-refractivity contribution in [1.82, 2.24) is 4.90 Å². The zero-order chi connectivity index (χ0) is 14.5. The Morgan fingerprint density at radius 3 is 2.58 bits per heavy atom. The first kappa shape index (κ1) is 15.5. The lowest BCUT2D eigenvalue weighted by atomic mass is 10.1. The first-order valence-corrected chi connectivity index (χ1v) is 6.66. The Hall–Kier alpha value is -1.55. The van der Waals surface area contributed by atoms with Crippen LogP contribution in [0.1, 0.15) is 32.8 Å². The summed E-state index contributed by atoms with van der Waals surface area (Å²) in [5, 5.41) is 12.6. The summed E-state index contributed by atoms with van der Waals surface area (Å²) >= 11 is 0. The molecule has 0 spiro atoms. The Morgan fingerprint density at radius 1 is 1.37 bits per heavy atom. The molecule has 19 heavy (non-hydrogen) atoms. The average molecular weight is 264 g/mol. The lowest BCUT2D eigenvalue weighted by Gasteiger charge is -2.26. The van der Waals surface area contributed by atoms with Crippen LogP contribution in [0.25, 0.3) is 0 Å². The van der Waals surface area contributed by atoms with Crippen molar-refractivity contribution < 1.29 is 9.90 Å².